The molecule has 3 N–H and O–H groups in total. The van der Waals surface area contributed by atoms with Crippen LogP contribution in [0.3, 0.4) is 0 Å². The smallest absolute Gasteiger partial charge is 0.322 e. The van der Waals surface area contributed by atoms with Gasteiger partial charge in [0, 0.05) is 18.1 Å². The van der Waals surface area contributed by atoms with E-state index in [1.165, 1.54) is 4.90 Å². The molecule has 0 radical (unpaired) electrons. The van der Waals surface area contributed by atoms with Crippen LogP contribution < -0.4 is 25.4 Å². The monoisotopic (exact) mass is 525 g/mol. The summed E-state index contributed by atoms with van der Waals surface area (Å²) in [5.41, 5.74) is 0.761. The molecule has 2 aromatic carbocycles. The fourth-order valence-electron chi connectivity index (χ4n) is 3.49. The fraction of sp³-hybridized carbons (Fsp3) is 0.308. The number of ether oxygens (including phenoxy) is 2. The number of anilines is 2. The van der Waals surface area contributed by atoms with Gasteiger partial charge in [0.15, 0.2) is 5.13 Å². The number of carbonyl (C=O) groups is 3. The van der Waals surface area contributed by atoms with Crippen molar-refractivity contribution < 1.29 is 23.9 Å². The van der Waals surface area contributed by atoms with E-state index in [1.807, 2.05) is 44.2 Å². The van der Waals surface area contributed by atoms with Crippen LogP contribution in [0.5, 0.6) is 11.5 Å². The summed E-state index contributed by atoms with van der Waals surface area (Å²) in [7, 11) is 3.12. The first-order valence-electron chi connectivity index (χ1n) is 11.7. The molecule has 0 unspecified atom stereocenters. The zero-order valence-electron chi connectivity index (χ0n) is 21.2. The molecule has 1 aromatic heterocycles. The second-order valence-electron chi connectivity index (χ2n) is 8.40. The first-order chi connectivity index (χ1) is 17.8. The first-order valence-corrected chi connectivity index (χ1v) is 12.6. The summed E-state index contributed by atoms with van der Waals surface area (Å²) in [6.07, 6.45) is 0. The van der Waals surface area contributed by atoms with E-state index in [-0.39, 0.29) is 22.7 Å². The molecule has 11 heteroatoms. The number of benzene rings is 2. The third kappa shape index (κ3) is 7.94. The van der Waals surface area contributed by atoms with Crippen molar-refractivity contribution in [3.8, 4) is 11.5 Å². The molecule has 196 valence electrons. The van der Waals surface area contributed by atoms with Crippen LogP contribution in [0.25, 0.3) is 0 Å². The summed E-state index contributed by atoms with van der Waals surface area (Å²) < 4.78 is 10.7. The quantitative estimate of drug-likeness (QED) is 0.324. The standard InChI is InChI=1S/C26H31N5O5S/c1-17(2)22(31(3)26(34)28-18-10-12-19(35-4)13-11-18)24(33)30-25-29-21(16-37-25)23(32)27-14-15-36-20-8-6-5-7-9-20/h5-13,16-17,22H,14-15H2,1-4H3,(H,27,32)(H,28,34)(H,29,30,33)/t22-/m0/s1. The number of thiazole rings is 1. The Labute approximate surface area is 220 Å². The van der Waals surface area contributed by atoms with E-state index < -0.39 is 18.0 Å². The lowest BCUT2D eigenvalue weighted by Crippen LogP contribution is -2.49. The maximum Gasteiger partial charge on any atom is 0.322 e. The lowest BCUT2D eigenvalue weighted by molar-refractivity contribution is -0.121. The van der Waals surface area contributed by atoms with Crippen LogP contribution in [0, 0.1) is 5.92 Å². The Kier molecular flexibility index (Phi) is 9.84. The molecule has 0 bridgehead atoms. The third-order valence-corrected chi connectivity index (χ3v) is 6.10. The van der Waals surface area contributed by atoms with Gasteiger partial charge in [-0.05, 0) is 42.3 Å². The number of nitrogens with zero attached hydrogens (tertiary/aromatic N) is 2. The molecule has 0 fully saturated rings. The van der Waals surface area contributed by atoms with Gasteiger partial charge in [0.1, 0.15) is 29.8 Å². The van der Waals surface area contributed by atoms with Crippen molar-refractivity contribution in [3.05, 3.63) is 65.7 Å². The third-order valence-electron chi connectivity index (χ3n) is 5.35. The molecule has 3 aromatic rings. The number of amides is 4. The number of methoxy groups -OCH3 is 1. The van der Waals surface area contributed by atoms with Crippen molar-refractivity contribution in [2.24, 2.45) is 5.92 Å². The van der Waals surface area contributed by atoms with Crippen molar-refractivity contribution in [1.82, 2.24) is 15.2 Å². The van der Waals surface area contributed by atoms with Gasteiger partial charge >= 0.3 is 6.03 Å². The van der Waals surface area contributed by atoms with Crippen LogP contribution in [-0.4, -0.2) is 61.1 Å². The zero-order valence-corrected chi connectivity index (χ0v) is 22.0. The summed E-state index contributed by atoms with van der Waals surface area (Å²) in [5, 5.41) is 10.1. The molecule has 10 nitrogen and oxygen atoms in total. The predicted molar refractivity (Wildman–Crippen MR) is 143 cm³/mol. The lowest BCUT2D eigenvalue weighted by Gasteiger charge is -2.30. The summed E-state index contributed by atoms with van der Waals surface area (Å²) >= 11 is 1.13. The van der Waals surface area contributed by atoms with E-state index in [2.05, 4.69) is 20.9 Å². The molecule has 0 aliphatic heterocycles. The van der Waals surface area contributed by atoms with Crippen LogP contribution in [0.15, 0.2) is 60.0 Å². The average molecular weight is 526 g/mol. The second kappa shape index (κ2) is 13.3. The minimum Gasteiger partial charge on any atom is -0.497 e. The Hall–Kier alpha value is -4.12. The number of hydrogen-bond donors (Lipinski definition) is 3. The van der Waals surface area contributed by atoms with E-state index in [9.17, 15) is 14.4 Å². The molecule has 0 aliphatic rings. The Balaban J connectivity index is 1.53. The second-order valence-corrected chi connectivity index (χ2v) is 9.26. The highest BCUT2D eigenvalue weighted by atomic mass is 32.1. The number of aromatic nitrogens is 1. The van der Waals surface area contributed by atoms with Crippen molar-refractivity contribution in [3.63, 3.8) is 0 Å². The number of likely N-dealkylation sites (N-methyl/N-ethyl adjacent to an activating group) is 1. The van der Waals surface area contributed by atoms with Crippen molar-refractivity contribution in [2.45, 2.75) is 19.9 Å². The highest BCUT2D eigenvalue weighted by Gasteiger charge is 2.30. The lowest BCUT2D eigenvalue weighted by atomic mass is 10.0. The van der Waals surface area contributed by atoms with E-state index in [1.54, 1.807) is 43.8 Å². The maximum absolute atomic E-state index is 13.1. The number of para-hydroxylation sites is 1. The SMILES string of the molecule is COc1ccc(NC(=O)N(C)[C@H](C(=O)Nc2nc(C(=O)NCCOc3ccccc3)cs2)C(C)C)cc1. The highest BCUT2D eigenvalue weighted by Crippen LogP contribution is 2.20. The fourth-order valence-corrected chi connectivity index (χ4v) is 4.19. The van der Waals surface area contributed by atoms with Gasteiger partial charge in [0.05, 0.1) is 13.7 Å². The van der Waals surface area contributed by atoms with Crippen molar-refractivity contribution in [2.75, 3.05) is 37.9 Å². The highest BCUT2D eigenvalue weighted by molar-refractivity contribution is 7.14. The predicted octanol–water partition coefficient (Wildman–Crippen LogP) is 4.09. The summed E-state index contributed by atoms with van der Waals surface area (Å²) in [6.45, 7) is 4.31. The van der Waals surface area contributed by atoms with Crippen molar-refractivity contribution in [1.29, 1.82) is 0 Å². The topological polar surface area (TPSA) is 122 Å². The Bertz CT molecular complexity index is 1180. The molecule has 0 aliphatic carbocycles. The minimum absolute atomic E-state index is 0.182. The summed E-state index contributed by atoms with van der Waals surface area (Å²) in [5.74, 6) is 0.435. The van der Waals surface area contributed by atoms with Crippen molar-refractivity contribution >= 4 is 40.0 Å². The number of nitrogens with one attached hydrogen (secondary N) is 3. The molecule has 4 amide bonds. The molecule has 3 rings (SSSR count). The number of hydrogen-bond acceptors (Lipinski definition) is 7. The summed E-state index contributed by atoms with van der Waals surface area (Å²) in [6, 6.07) is 15.0. The van der Waals surface area contributed by atoms with E-state index in [0.717, 1.165) is 17.1 Å². The van der Waals surface area contributed by atoms with E-state index >= 15 is 0 Å². The van der Waals surface area contributed by atoms with Crippen LogP contribution in [0.1, 0.15) is 24.3 Å². The number of rotatable bonds is 11. The first kappa shape index (κ1) is 27.5. The number of carbonyl (C=O) groups excluding carboxylic acids is 3. The Morgan fingerprint density at radius 2 is 1.70 bits per heavy atom. The van der Waals surface area contributed by atoms with Gasteiger partial charge in [-0.2, -0.15) is 0 Å². The molecule has 0 spiro atoms. The molecule has 0 saturated heterocycles. The van der Waals surface area contributed by atoms with Gasteiger partial charge in [0.25, 0.3) is 5.91 Å². The largest absolute Gasteiger partial charge is 0.497 e. The van der Waals surface area contributed by atoms with Crippen LogP contribution in [-0.2, 0) is 4.79 Å². The molecule has 1 atom stereocenters. The van der Waals surface area contributed by atoms with Gasteiger partial charge in [-0.3, -0.25) is 9.59 Å². The van der Waals surface area contributed by atoms with E-state index in [0.29, 0.717) is 24.6 Å². The van der Waals surface area contributed by atoms with E-state index in [4.69, 9.17) is 9.47 Å². The van der Waals surface area contributed by atoms with Crippen LogP contribution >= 0.6 is 11.3 Å². The molecular weight excluding hydrogens is 494 g/mol. The molecule has 37 heavy (non-hydrogen) atoms. The normalized spacial score (nSPS) is 11.4. The maximum atomic E-state index is 13.1. The van der Waals surface area contributed by atoms with Gasteiger partial charge in [0.2, 0.25) is 5.91 Å². The van der Waals surface area contributed by atoms with Crippen LogP contribution in [0.4, 0.5) is 15.6 Å². The van der Waals surface area contributed by atoms with Gasteiger partial charge in [-0.1, -0.05) is 32.0 Å². The zero-order chi connectivity index (χ0) is 26.8. The molecule has 0 saturated carbocycles. The molecule has 1 heterocycles. The molecular formula is C26H31N5O5S. The van der Waals surface area contributed by atoms with Gasteiger partial charge < -0.3 is 30.3 Å². The average Bonchev–Trinajstić information content (AvgIpc) is 3.36. The Morgan fingerprint density at radius 1 is 1.00 bits per heavy atom. The van der Waals surface area contributed by atoms with Gasteiger partial charge in [-0.15, -0.1) is 11.3 Å². The Morgan fingerprint density at radius 3 is 2.35 bits per heavy atom. The van der Waals surface area contributed by atoms with Gasteiger partial charge in [-0.25, -0.2) is 9.78 Å². The van der Waals surface area contributed by atoms with Crippen LogP contribution in [0.2, 0.25) is 0 Å². The summed E-state index contributed by atoms with van der Waals surface area (Å²) in [4.78, 5) is 43.8. The minimum atomic E-state index is -0.769. The number of urea groups is 1.